The molecule has 0 atom stereocenters. The van der Waals surface area contributed by atoms with E-state index in [1.165, 1.54) is 69.9 Å². The van der Waals surface area contributed by atoms with Gasteiger partial charge in [0.1, 0.15) is 0 Å². The van der Waals surface area contributed by atoms with Crippen molar-refractivity contribution in [3.8, 4) is 11.1 Å². The van der Waals surface area contributed by atoms with Crippen LogP contribution in [0.3, 0.4) is 0 Å². The third-order valence-electron chi connectivity index (χ3n) is 6.92. The standard InChI is InChI=1S/C36H22S6/c1-2-8-28(38-26-18-20-34-36(22-26)42-32-12-6-4-10-30(32)40-34)27(7-1)23-13-15-24(16-14-23)37-25-17-19-33-35(21-25)41-31-11-5-3-9-29(31)39-33/h1-22H. The van der Waals surface area contributed by atoms with Gasteiger partial charge in [-0.1, -0.05) is 125 Å². The summed E-state index contributed by atoms with van der Waals surface area (Å²) in [5.41, 5.74) is 2.51. The van der Waals surface area contributed by atoms with Crippen molar-refractivity contribution in [3.05, 3.63) is 133 Å². The van der Waals surface area contributed by atoms with E-state index >= 15 is 0 Å². The average Bonchev–Trinajstić information content (AvgIpc) is 3.03. The highest BCUT2D eigenvalue weighted by Crippen LogP contribution is 2.51. The monoisotopic (exact) mass is 646 g/mol. The highest BCUT2D eigenvalue weighted by atomic mass is 32.2. The first-order valence-corrected chi connectivity index (χ1v) is 18.4. The third-order valence-corrected chi connectivity index (χ3v) is 14.1. The van der Waals surface area contributed by atoms with Gasteiger partial charge in [-0.2, -0.15) is 0 Å². The van der Waals surface area contributed by atoms with E-state index in [0.717, 1.165) is 0 Å². The molecule has 42 heavy (non-hydrogen) atoms. The van der Waals surface area contributed by atoms with Crippen molar-refractivity contribution < 1.29 is 0 Å². The molecule has 6 heteroatoms. The Kier molecular flexibility index (Phi) is 7.61. The lowest BCUT2D eigenvalue weighted by atomic mass is 10.1. The number of rotatable bonds is 5. The minimum absolute atomic E-state index is 1.24. The fourth-order valence-corrected chi connectivity index (χ4v) is 11.4. The second-order valence-electron chi connectivity index (χ2n) is 9.74. The summed E-state index contributed by atoms with van der Waals surface area (Å²) in [6, 6.07) is 48.8. The van der Waals surface area contributed by atoms with Gasteiger partial charge in [-0.25, -0.2) is 0 Å². The van der Waals surface area contributed by atoms with Gasteiger partial charge in [0.2, 0.25) is 0 Å². The Bertz CT molecular complexity index is 1950. The molecule has 0 nitrogen and oxygen atoms in total. The first-order chi connectivity index (χ1) is 20.7. The lowest BCUT2D eigenvalue weighted by Crippen LogP contribution is -1.90. The highest BCUT2D eigenvalue weighted by Gasteiger charge is 2.19. The molecule has 2 heterocycles. The zero-order valence-corrected chi connectivity index (χ0v) is 27.1. The molecule has 0 bridgehead atoms. The molecule has 0 fully saturated rings. The van der Waals surface area contributed by atoms with E-state index in [-0.39, 0.29) is 0 Å². The Morgan fingerprint density at radius 2 is 0.762 bits per heavy atom. The maximum absolute atomic E-state index is 2.35. The van der Waals surface area contributed by atoms with Crippen LogP contribution in [0.15, 0.2) is 192 Å². The van der Waals surface area contributed by atoms with Crippen molar-refractivity contribution in [2.45, 2.75) is 58.7 Å². The van der Waals surface area contributed by atoms with E-state index in [9.17, 15) is 0 Å². The second-order valence-corrected chi connectivity index (χ2v) is 16.3. The Labute approximate surface area is 271 Å². The van der Waals surface area contributed by atoms with Gasteiger partial charge < -0.3 is 0 Å². The van der Waals surface area contributed by atoms with Crippen LogP contribution in [-0.2, 0) is 0 Å². The summed E-state index contributed by atoms with van der Waals surface area (Å²) in [6.45, 7) is 0. The maximum atomic E-state index is 2.35. The zero-order chi connectivity index (χ0) is 27.9. The molecule has 0 aliphatic carbocycles. The molecule has 0 aromatic heterocycles. The van der Waals surface area contributed by atoms with E-state index in [1.807, 2.05) is 70.6 Å². The number of hydrogen-bond donors (Lipinski definition) is 0. The summed E-state index contributed by atoms with van der Waals surface area (Å²) in [6.07, 6.45) is 0. The van der Waals surface area contributed by atoms with E-state index in [2.05, 4.69) is 133 Å². The van der Waals surface area contributed by atoms with Crippen molar-refractivity contribution in [2.24, 2.45) is 0 Å². The van der Waals surface area contributed by atoms with Crippen molar-refractivity contribution in [2.75, 3.05) is 0 Å². The van der Waals surface area contributed by atoms with Gasteiger partial charge in [-0.05, 0) is 90.0 Å². The average molecular weight is 647 g/mol. The fraction of sp³-hybridized carbons (Fsp3) is 0. The smallest absolute Gasteiger partial charge is 0.0273 e. The molecule has 6 aromatic rings. The topological polar surface area (TPSA) is 0 Å². The normalized spacial score (nSPS) is 13.0. The predicted molar refractivity (Wildman–Crippen MR) is 182 cm³/mol. The van der Waals surface area contributed by atoms with E-state index in [1.54, 1.807) is 0 Å². The van der Waals surface area contributed by atoms with Gasteiger partial charge in [0.15, 0.2) is 0 Å². The first-order valence-electron chi connectivity index (χ1n) is 13.5. The molecule has 2 aliphatic rings. The molecule has 0 radical (unpaired) electrons. The summed E-state index contributed by atoms with van der Waals surface area (Å²) in [5, 5.41) is 0. The number of fused-ring (bicyclic) bond motifs is 4. The summed E-state index contributed by atoms with van der Waals surface area (Å²) in [4.78, 5) is 15.8. The molecule has 0 N–H and O–H groups in total. The Morgan fingerprint density at radius 1 is 0.333 bits per heavy atom. The van der Waals surface area contributed by atoms with Crippen LogP contribution in [-0.4, -0.2) is 0 Å². The predicted octanol–water partition coefficient (Wildman–Crippen LogP) is 12.9. The van der Waals surface area contributed by atoms with Gasteiger partial charge in [-0.15, -0.1) is 0 Å². The zero-order valence-electron chi connectivity index (χ0n) is 22.2. The van der Waals surface area contributed by atoms with E-state index in [4.69, 9.17) is 0 Å². The van der Waals surface area contributed by atoms with Crippen molar-refractivity contribution in [1.29, 1.82) is 0 Å². The number of benzene rings is 6. The molecule has 2 aliphatic heterocycles. The van der Waals surface area contributed by atoms with Crippen LogP contribution in [0, 0.1) is 0 Å². The van der Waals surface area contributed by atoms with Crippen molar-refractivity contribution >= 4 is 70.6 Å². The van der Waals surface area contributed by atoms with Crippen LogP contribution in [0.1, 0.15) is 0 Å². The molecule has 0 saturated heterocycles. The van der Waals surface area contributed by atoms with Gasteiger partial charge in [0, 0.05) is 58.7 Å². The lowest BCUT2D eigenvalue weighted by Gasteiger charge is -2.19. The van der Waals surface area contributed by atoms with Crippen molar-refractivity contribution in [3.63, 3.8) is 0 Å². The minimum atomic E-state index is 1.24. The van der Waals surface area contributed by atoms with Crippen LogP contribution >= 0.6 is 70.6 Å². The van der Waals surface area contributed by atoms with Gasteiger partial charge >= 0.3 is 0 Å². The van der Waals surface area contributed by atoms with Gasteiger partial charge in [-0.3, -0.25) is 0 Å². The second kappa shape index (κ2) is 11.8. The molecule has 0 amide bonds. The Balaban J connectivity index is 0.997. The maximum Gasteiger partial charge on any atom is 0.0273 e. The summed E-state index contributed by atoms with van der Waals surface area (Å²) in [5.74, 6) is 0. The lowest BCUT2D eigenvalue weighted by molar-refractivity contribution is 1.13. The van der Waals surface area contributed by atoms with Crippen LogP contribution in [0.2, 0.25) is 0 Å². The van der Waals surface area contributed by atoms with Crippen LogP contribution < -0.4 is 0 Å². The van der Waals surface area contributed by atoms with Crippen molar-refractivity contribution in [1.82, 2.24) is 0 Å². The van der Waals surface area contributed by atoms with Crippen LogP contribution in [0.4, 0.5) is 0 Å². The Hall–Kier alpha value is -2.58. The SMILES string of the molecule is c1ccc2c(c1)Sc1ccc(Sc3ccc(-c4ccccc4Sc4ccc5c(c4)Sc4ccccc4S5)cc3)cc1S2. The van der Waals surface area contributed by atoms with Crippen LogP contribution in [0.5, 0.6) is 0 Å². The molecule has 8 rings (SSSR count). The summed E-state index contributed by atoms with van der Waals surface area (Å²) < 4.78 is 0. The van der Waals surface area contributed by atoms with Crippen LogP contribution in [0.25, 0.3) is 11.1 Å². The minimum Gasteiger partial charge on any atom is -0.0901 e. The van der Waals surface area contributed by atoms with Gasteiger partial charge in [0.25, 0.3) is 0 Å². The van der Waals surface area contributed by atoms with E-state index in [0.29, 0.717) is 0 Å². The van der Waals surface area contributed by atoms with Gasteiger partial charge in [0.05, 0.1) is 0 Å². The fourth-order valence-electron chi connectivity index (χ4n) is 4.90. The molecule has 0 saturated carbocycles. The molecule has 0 unspecified atom stereocenters. The molecular formula is C36H22S6. The summed E-state index contributed by atoms with van der Waals surface area (Å²) in [7, 11) is 0. The Morgan fingerprint density at radius 3 is 1.33 bits per heavy atom. The molecule has 6 aromatic carbocycles. The molecule has 0 spiro atoms. The van der Waals surface area contributed by atoms with E-state index < -0.39 is 0 Å². The first kappa shape index (κ1) is 27.0. The summed E-state index contributed by atoms with van der Waals surface area (Å²) >= 11 is 11.2. The number of hydrogen-bond acceptors (Lipinski definition) is 6. The quantitative estimate of drug-likeness (QED) is 0.181. The molecule has 202 valence electrons. The third kappa shape index (κ3) is 5.57. The molecular weight excluding hydrogens is 625 g/mol. The largest absolute Gasteiger partial charge is 0.0901 e. The highest BCUT2D eigenvalue weighted by molar-refractivity contribution is 8.05.